The smallest absolute Gasteiger partial charge is 0.188 e. The second-order valence-corrected chi connectivity index (χ2v) is 5.76. The molecule has 3 nitrogen and oxygen atoms in total. The Morgan fingerprint density at radius 1 is 1.40 bits per heavy atom. The van der Waals surface area contributed by atoms with E-state index < -0.39 is 0 Å². The number of benzene rings is 1. The van der Waals surface area contributed by atoms with Crippen molar-refractivity contribution in [1.29, 1.82) is 0 Å². The van der Waals surface area contributed by atoms with Gasteiger partial charge in [-0.15, -0.1) is 0 Å². The predicted molar refractivity (Wildman–Crippen MR) is 82.1 cm³/mol. The highest BCUT2D eigenvalue weighted by atomic mass is 79.9. The van der Waals surface area contributed by atoms with Crippen molar-refractivity contribution in [3.63, 3.8) is 0 Å². The number of methoxy groups -OCH3 is 1. The zero-order valence-corrected chi connectivity index (χ0v) is 13.6. The summed E-state index contributed by atoms with van der Waals surface area (Å²) in [6.45, 7) is 1.74. The molecule has 0 bridgehead atoms. The van der Waals surface area contributed by atoms with Crippen LogP contribution >= 0.6 is 27.5 Å². The van der Waals surface area contributed by atoms with Crippen molar-refractivity contribution in [3.8, 4) is 17.6 Å². The minimum Gasteiger partial charge on any atom is -0.466 e. The fourth-order valence-electron chi connectivity index (χ4n) is 1.92. The number of hydrogen-bond acceptors (Lipinski definition) is 3. The standard InChI is InChI=1S/C15H16BrClO3/c1-18-10-20-15-9-12(17)8-14(16)13(15)3-2-11-4-6-19-7-5-11/h8-9,11H,4-7,10H2,1H3. The van der Waals surface area contributed by atoms with Crippen molar-refractivity contribution in [3.05, 3.63) is 27.2 Å². The van der Waals surface area contributed by atoms with E-state index in [-0.39, 0.29) is 6.79 Å². The van der Waals surface area contributed by atoms with E-state index in [9.17, 15) is 0 Å². The Labute approximate surface area is 132 Å². The molecule has 0 amide bonds. The predicted octanol–water partition coefficient (Wildman–Crippen LogP) is 3.86. The van der Waals surface area contributed by atoms with Gasteiger partial charge in [-0.25, -0.2) is 0 Å². The normalized spacial score (nSPS) is 15.6. The van der Waals surface area contributed by atoms with Gasteiger partial charge < -0.3 is 14.2 Å². The van der Waals surface area contributed by atoms with Gasteiger partial charge in [-0.1, -0.05) is 23.4 Å². The van der Waals surface area contributed by atoms with Crippen LogP contribution in [0.1, 0.15) is 18.4 Å². The highest BCUT2D eigenvalue weighted by molar-refractivity contribution is 9.10. The van der Waals surface area contributed by atoms with Crippen LogP contribution in [0.15, 0.2) is 16.6 Å². The molecule has 1 aliphatic heterocycles. The average Bonchev–Trinajstić information content (AvgIpc) is 2.45. The molecule has 0 spiro atoms. The van der Waals surface area contributed by atoms with Crippen molar-refractivity contribution in [2.45, 2.75) is 12.8 Å². The fraction of sp³-hybridized carbons (Fsp3) is 0.467. The molecule has 5 heteroatoms. The molecule has 108 valence electrons. The van der Waals surface area contributed by atoms with Gasteiger partial charge in [0.05, 0.1) is 5.56 Å². The maximum atomic E-state index is 6.03. The molecule has 0 radical (unpaired) electrons. The van der Waals surface area contributed by atoms with Gasteiger partial charge in [0.15, 0.2) is 6.79 Å². The molecule has 0 N–H and O–H groups in total. The van der Waals surface area contributed by atoms with Crippen LogP contribution in [0, 0.1) is 17.8 Å². The minimum absolute atomic E-state index is 0.165. The third kappa shape index (κ3) is 4.39. The Hall–Kier alpha value is -0.730. The topological polar surface area (TPSA) is 27.7 Å². The molecule has 0 aliphatic carbocycles. The first kappa shape index (κ1) is 15.7. The highest BCUT2D eigenvalue weighted by Gasteiger charge is 2.12. The Bertz CT molecular complexity index is 516. The first-order chi connectivity index (χ1) is 9.70. The third-order valence-electron chi connectivity index (χ3n) is 2.97. The van der Waals surface area contributed by atoms with Crippen molar-refractivity contribution >= 4 is 27.5 Å². The zero-order valence-electron chi connectivity index (χ0n) is 11.2. The quantitative estimate of drug-likeness (QED) is 0.606. The van der Waals surface area contributed by atoms with Crippen LogP contribution in [0.3, 0.4) is 0 Å². The van der Waals surface area contributed by atoms with Crippen LogP contribution in [0.5, 0.6) is 5.75 Å². The largest absolute Gasteiger partial charge is 0.466 e. The summed E-state index contributed by atoms with van der Waals surface area (Å²) in [6, 6.07) is 3.56. The lowest BCUT2D eigenvalue weighted by Crippen LogP contribution is -2.13. The van der Waals surface area contributed by atoms with Gasteiger partial charge in [-0.05, 0) is 34.8 Å². The highest BCUT2D eigenvalue weighted by Crippen LogP contribution is 2.31. The molecule has 1 aliphatic rings. The summed E-state index contributed by atoms with van der Waals surface area (Å²) >= 11 is 9.52. The average molecular weight is 360 g/mol. The Morgan fingerprint density at radius 3 is 2.85 bits per heavy atom. The first-order valence-electron chi connectivity index (χ1n) is 6.40. The number of rotatable bonds is 3. The van der Waals surface area contributed by atoms with Gasteiger partial charge in [0, 0.05) is 41.8 Å². The van der Waals surface area contributed by atoms with E-state index in [1.165, 1.54) is 0 Å². The molecule has 0 atom stereocenters. The van der Waals surface area contributed by atoms with Crippen LogP contribution in [0.4, 0.5) is 0 Å². The molecule has 1 saturated heterocycles. The molecule has 1 heterocycles. The molecular formula is C15H16BrClO3. The summed E-state index contributed by atoms with van der Waals surface area (Å²) in [6.07, 6.45) is 1.96. The zero-order chi connectivity index (χ0) is 14.4. The van der Waals surface area contributed by atoms with Crippen LogP contribution in [-0.4, -0.2) is 27.1 Å². The third-order valence-corrected chi connectivity index (χ3v) is 3.82. The van der Waals surface area contributed by atoms with E-state index in [0.29, 0.717) is 16.7 Å². The van der Waals surface area contributed by atoms with Crippen LogP contribution in [0.2, 0.25) is 5.02 Å². The summed E-state index contributed by atoms with van der Waals surface area (Å²) in [4.78, 5) is 0. The molecule has 0 saturated carbocycles. The van der Waals surface area contributed by atoms with E-state index in [2.05, 4.69) is 27.8 Å². The summed E-state index contributed by atoms with van der Waals surface area (Å²) in [5.74, 6) is 7.49. The first-order valence-corrected chi connectivity index (χ1v) is 7.58. The van der Waals surface area contributed by atoms with Gasteiger partial charge in [-0.3, -0.25) is 0 Å². The van der Waals surface area contributed by atoms with Gasteiger partial charge in [0.1, 0.15) is 5.75 Å². The molecule has 1 aromatic rings. The summed E-state index contributed by atoms with van der Waals surface area (Å²) < 4.78 is 16.6. The summed E-state index contributed by atoms with van der Waals surface area (Å²) in [7, 11) is 1.58. The molecule has 0 aromatic heterocycles. The number of hydrogen-bond donors (Lipinski definition) is 0. The van der Waals surface area contributed by atoms with E-state index in [4.69, 9.17) is 25.8 Å². The lowest BCUT2D eigenvalue weighted by atomic mass is 10.0. The van der Waals surface area contributed by atoms with Gasteiger partial charge in [-0.2, -0.15) is 0 Å². The van der Waals surface area contributed by atoms with Crippen molar-refractivity contribution in [2.24, 2.45) is 5.92 Å². The van der Waals surface area contributed by atoms with Gasteiger partial charge >= 0.3 is 0 Å². The van der Waals surface area contributed by atoms with E-state index in [1.54, 1.807) is 13.2 Å². The molecular weight excluding hydrogens is 344 g/mol. The fourth-order valence-corrected chi connectivity index (χ4v) is 2.80. The second kappa shape index (κ2) is 7.90. The SMILES string of the molecule is COCOc1cc(Cl)cc(Br)c1C#CC1CCOCC1. The monoisotopic (exact) mass is 358 g/mol. The lowest BCUT2D eigenvalue weighted by Gasteiger charge is -2.16. The number of halogens is 2. The Morgan fingerprint density at radius 2 is 2.15 bits per heavy atom. The molecule has 2 rings (SSSR count). The van der Waals surface area contributed by atoms with E-state index >= 15 is 0 Å². The Balaban J connectivity index is 2.22. The van der Waals surface area contributed by atoms with Gasteiger partial charge in [0.25, 0.3) is 0 Å². The van der Waals surface area contributed by atoms with E-state index in [1.807, 2.05) is 6.07 Å². The van der Waals surface area contributed by atoms with E-state index in [0.717, 1.165) is 36.1 Å². The Kier molecular flexibility index (Phi) is 6.18. The van der Waals surface area contributed by atoms with Crippen molar-refractivity contribution < 1.29 is 14.2 Å². The van der Waals surface area contributed by atoms with Crippen LogP contribution < -0.4 is 4.74 Å². The second-order valence-electron chi connectivity index (χ2n) is 4.47. The lowest BCUT2D eigenvalue weighted by molar-refractivity contribution is 0.0509. The number of ether oxygens (including phenoxy) is 3. The summed E-state index contributed by atoms with van der Waals surface area (Å²) in [5.41, 5.74) is 0.804. The van der Waals surface area contributed by atoms with Crippen molar-refractivity contribution in [1.82, 2.24) is 0 Å². The van der Waals surface area contributed by atoms with Crippen molar-refractivity contribution in [2.75, 3.05) is 27.1 Å². The van der Waals surface area contributed by atoms with Crippen LogP contribution in [0.25, 0.3) is 0 Å². The summed E-state index contributed by atoms with van der Waals surface area (Å²) in [5, 5.41) is 0.597. The molecule has 20 heavy (non-hydrogen) atoms. The van der Waals surface area contributed by atoms with Crippen LogP contribution in [-0.2, 0) is 9.47 Å². The molecule has 1 fully saturated rings. The maximum Gasteiger partial charge on any atom is 0.188 e. The van der Waals surface area contributed by atoms with Gasteiger partial charge in [0.2, 0.25) is 0 Å². The maximum absolute atomic E-state index is 6.03. The molecule has 0 unspecified atom stereocenters. The minimum atomic E-state index is 0.165. The molecule has 1 aromatic carbocycles.